The number of thioether (sulfide) groups is 1. The lowest BCUT2D eigenvalue weighted by atomic mass is 10.4. The third-order valence-electron chi connectivity index (χ3n) is 1.60. The highest BCUT2D eigenvalue weighted by Gasteiger charge is 2.04. The number of rotatable bonds is 6. The second-order valence-corrected chi connectivity index (χ2v) is 3.72. The molecule has 0 aromatic heterocycles. The van der Waals surface area contributed by atoms with Crippen molar-refractivity contribution in [3.63, 3.8) is 0 Å². The molecule has 0 aliphatic heterocycles. The van der Waals surface area contributed by atoms with Crippen LogP contribution in [-0.4, -0.2) is 47.6 Å². The highest BCUT2D eigenvalue weighted by Crippen LogP contribution is 2.02. The second-order valence-electron chi connectivity index (χ2n) is 2.49. The third-order valence-corrected chi connectivity index (χ3v) is 2.56. The minimum Gasteiger partial charge on any atom is -0.396 e. The lowest BCUT2D eigenvalue weighted by molar-refractivity contribution is -0.129. The summed E-state index contributed by atoms with van der Waals surface area (Å²) in [5.41, 5.74) is 0. The Kier molecular flexibility index (Phi) is 7.29. The Labute approximate surface area is 78.1 Å². The maximum atomic E-state index is 11.2. The lowest BCUT2D eigenvalue weighted by Crippen LogP contribution is -2.26. The van der Waals surface area contributed by atoms with Crippen LogP contribution >= 0.6 is 11.8 Å². The second kappa shape index (κ2) is 7.43. The molecule has 72 valence electrons. The number of amides is 1. The Hall–Kier alpha value is -0.220. The van der Waals surface area contributed by atoms with Gasteiger partial charge in [-0.05, 0) is 6.92 Å². The Bertz CT molecular complexity index is 130. The Morgan fingerprint density at radius 2 is 2.17 bits per heavy atom. The van der Waals surface area contributed by atoms with E-state index in [1.807, 2.05) is 6.92 Å². The zero-order valence-corrected chi connectivity index (χ0v) is 8.56. The number of hydrogen-bond acceptors (Lipinski definition) is 3. The largest absolute Gasteiger partial charge is 0.396 e. The first-order chi connectivity index (χ1) is 5.72. The first kappa shape index (κ1) is 11.8. The Morgan fingerprint density at radius 1 is 1.50 bits per heavy atom. The molecule has 3 nitrogen and oxygen atoms in total. The summed E-state index contributed by atoms with van der Waals surface area (Å²) in [6, 6.07) is 0. The van der Waals surface area contributed by atoms with Crippen LogP contribution in [0.1, 0.15) is 13.3 Å². The smallest absolute Gasteiger partial charge is 0.223 e. The summed E-state index contributed by atoms with van der Waals surface area (Å²) >= 11 is 1.61. The van der Waals surface area contributed by atoms with Crippen LogP contribution in [0.3, 0.4) is 0 Å². The molecule has 0 rings (SSSR count). The summed E-state index contributed by atoms with van der Waals surface area (Å²) in [4.78, 5) is 12.9. The summed E-state index contributed by atoms with van der Waals surface area (Å²) in [7, 11) is 1.80. The fourth-order valence-corrected chi connectivity index (χ4v) is 1.35. The van der Waals surface area contributed by atoms with E-state index in [0.29, 0.717) is 6.42 Å². The number of aliphatic hydroxyl groups is 1. The quantitative estimate of drug-likeness (QED) is 0.624. The van der Waals surface area contributed by atoms with Crippen LogP contribution in [-0.2, 0) is 4.79 Å². The fourth-order valence-electron chi connectivity index (χ4n) is 0.693. The number of hydrogen-bond donors (Lipinski definition) is 1. The van der Waals surface area contributed by atoms with Gasteiger partial charge in [-0.2, -0.15) is 11.8 Å². The van der Waals surface area contributed by atoms with Gasteiger partial charge in [0, 0.05) is 31.5 Å². The van der Waals surface area contributed by atoms with Crippen molar-refractivity contribution < 1.29 is 9.90 Å². The molecule has 0 radical (unpaired) electrons. The van der Waals surface area contributed by atoms with E-state index < -0.39 is 0 Å². The summed E-state index contributed by atoms with van der Waals surface area (Å²) in [6.07, 6.45) is 0.578. The molecule has 0 saturated carbocycles. The average molecular weight is 191 g/mol. The molecule has 4 heteroatoms. The van der Waals surface area contributed by atoms with Gasteiger partial charge in [0.25, 0.3) is 0 Å². The van der Waals surface area contributed by atoms with Crippen LogP contribution in [0, 0.1) is 0 Å². The van der Waals surface area contributed by atoms with E-state index in [2.05, 4.69) is 0 Å². The summed E-state index contributed by atoms with van der Waals surface area (Å²) in [6.45, 7) is 2.92. The third kappa shape index (κ3) is 5.43. The molecule has 0 unspecified atom stereocenters. The Balaban J connectivity index is 3.31. The maximum Gasteiger partial charge on any atom is 0.223 e. The molecular formula is C8H17NO2S. The van der Waals surface area contributed by atoms with Crippen molar-refractivity contribution in [3.8, 4) is 0 Å². The first-order valence-corrected chi connectivity index (χ1v) is 5.30. The van der Waals surface area contributed by atoms with Crippen LogP contribution in [0.5, 0.6) is 0 Å². The topological polar surface area (TPSA) is 40.5 Å². The first-order valence-electron chi connectivity index (χ1n) is 4.15. The number of carbonyl (C=O) groups is 1. The van der Waals surface area contributed by atoms with Crippen molar-refractivity contribution in [1.29, 1.82) is 0 Å². The zero-order valence-electron chi connectivity index (χ0n) is 7.75. The van der Waals surface area contributed by atoms with E-state index in [0.717, 1.165) is 18.1 Å². The molecule has 0 aromatic carbocycles. The summed E-state index contributed by atoms with van der Waals surface area (Å²) in [5, 5.41) is 8.47. The normalized spacial score (nSPS) is 9.92. The molecular weight excluding hydrogens is 174 g/mol. The van der Waals surface area contributed by atoms with Gasteiger partial charge in [-0.15, -0.1) is 0 Å². The van der Waals surface area contributed by atoms with E-state index in [1.165, 1.54) is 0 Å². The van der Waals surface area contributed by atoms with E-state index in [4.69, 9.17) is 5.11 Å². The predicted octanol–water partition coefficient (Wildman–Crippen LogP) is 0.580. The molecule has 0 aliphatic carbocycles. The van der Waals surface area contributed by atoms with Gasteiger partial charge in [0.05, 0.1) is 6.61 Å². The van der Waals surface area contributed by atoms with Crippen molar-refractivity contribution >= 4 is 17.7 Å². The van der Waals surface area contributed by atoms with Crippen molar-refractivity contribution in [1.82, 2.24) is 4.90 Å². The van der Waals surface area contributed by atoms with Gasteiger partial charge in [0.1, 0.15) is 0 Å². The van der Waals surface area contributed by atoms with Gasteiger partial charge >= 0.3 is 0 Å². The minimum atomic E-state index is 0.183. The summed E-state index contributed by atoms with van der Waals surface area (Å²) < 4.78 is 0. The fraction of sp³-hybridized carbons (Fsp3) is 0.875. The van der Waals surface area contributed by atoms with E-state index >= 15 is 0 Å². The molecule has 0 aromatic rings. The van der Waals surface area contributed by atoms with Gasteiger partial charge < -0.3 is 10.0 Å². The van der Waals surface area contributed by atoms with Crippen molar-refractivity contribution in [2.75, 3.05) is 31.7 Å². The van der Waals surface area contributed by atoms with Crippen LogP contribution < -0.4 is 0 Å². The SMILES string of the molecule is CCN(C)C(=O)CCSCCO. The highest BCUT2D eigenvalue weighted by atomic mass is 32.2. The monoisotopic (exact) mass is 191 g/mol. The van der Waals surface area contributed by atoms with Gasteiger partial charge in [-0.25, -0.2) is 0 Å². The van der Waals surface area contributed by atoms with E-state index in [1.54, 1.807) is 23.7 Å². The van der Waals surface area contributed by atoms with Crippen LogP contribution in [0.4, 0.5) is 0 Å². The number of aliphatic hydroxyl groups excluding tert-OH is 1. The molecule has 0 spiro atoms. The molecule has 0 fully saturated rings. The molecule has 0 atom stereocenters. The standard InChI is InChI=1S/C8H17NO2S/c1-3-9(2)8(11)4-6-12-7-5-10/h10H,3-7H2,1-2H3. The van der Waals surface area contributed by atoms with Gasteiger partial charge in [-0.1, -0.05) is 0 Å². The number of carbonyl (C=O) groups excluding carboxylic acids is 1. The highest BCUT2D eigenvalue weighted by molar-refractivity contribution is 7.99. The van der Waals surface area contributed by atoms with Crippen LogP contribution in [0.15, 0.2) is 0 Å². The van der Waals surface area contributed by atoms with Crippen molar-refractivity contribution in [2.24, 2.45) is 0 Å². The van der Waals surface area contributed by atoms with Crippen LogP contribution in [0.25, 0.3) is 0 Å². The van der Waals surface area contributed by atoms with Gasteiger partial charge in [0.15, 0.2) is 0 Å². The maximum absolute atomic E-state index is 11.2. The number of nitrogens with zero attached hydrogens (tertiary/aromatic N) is 1. The minimum absolute atomic E-state index is 0.183. The molecule has 1 amide bonds. The zero-order chi connectivity index (χ0) is 9.40. The van der Waals surface area contributed by atoms with Gasteiger partial charge in [-0.3, -0.25) is 4.79 Å². The van der Waals surface area contributed by atoms with Crippen molar-refractivity contribution in [2.45, 2.75) is 13.3 Å². The summed E-state index contributed by atoms with van der Waals surface area (Å²) in [5.74, 6) is 1.72. The molecule has 0 heterocycles. The molecule has 1 N–H and O–H groups in total. The van der Waals surface area contributed by atoms with E-state index in [-0.39, 0.29) is 12.5 Å². The average Bonchev–Trinajstić information content (AvgIpc) is 2.10. The van der Waals surface area contributed by atoms with Gasteiger partial charge in [0.2, 0.25) is 5.91 Å². The molecule has 0 bridgehead atoms. The van der Waals surface area contributed by atoms with Crippen LogP contribution in [0.2, 0.25) is 0 Å². The lowest BCUT2D eigenvalue weighted by Gasteiger charge is -2.13. The van der Waals surface area contributed by atoms with Crippen molar-refractivity contribution in [3.05, 3.63) is 0 Å². The molecule has 0 saturated heterocycles. The Morgan fingerprint density at radius 3 is 2.67 bits per heavy atom. The molecule has 0 aliphatic rings. The predicted molar refractivity (Wildman–Crippen MR) is 52.3 cm³/mol. The molecule has 12 heavy (non-hydrogen) atoms. The van der Waals surface area contributed by atoms with E-state index in [9.17, 15) is 4.79 Å².